The highest BCUT2D eigenvalue weighted by Gasteiger charge is 2.20. The lowest BCUT2D eigenvalue weighted by Crippen LogP contribution is -2.38. The van der Waals surface area contributed by atoms with Crippen LogP contribution in [0.15, 0.2) is 27.1 Å². The first-order valence-corrected chi connectivity index (χ1v) is 8.35. The van der Waals surface area contributed by atoms with Gasteiger partial charge < -0.3 is 9.47 Å². The number of amides is 1. The van der Waals surface area contributed by atoms with Crippen LogP contribution >= 0.6 is 0 Å². The zero-order valence-electron chi connectivity index (χ0n) is 15.1. The van der Waals surface area contributed by atoms with E-state index in [1.807, 2.05) is 4.90 Å². The lowest BCUT2D eigenvalue weighted by Gasteiger charge is -2.28. The standard InChI is InChI=1S/C17H23N5O3/c1-11-5-7-21(9-12(11)2)13(23)6-8-22-10-18-15-14(22)16(24)20(4)17(25)19(15)3/h10H,5-9H2,1-4H3. The first-order chi connectivity index (χ1) is 11.8. The van der Waals surface area contributed by atoms with Gasteiger partial charge in [-0.05, 0) is 20.3 Å². The summed E-state index contributed by atoms with van der Waals surface area (Å²) in [4.78, 5) is 42.9. The lowest BCUT2D eigenvalue weighted by atomic mass is 10.0. The second-order valence-electron chi connectivity index (χ2n) is 6.69. The number of imidazole rings is 1. The molecule has 3 rings (SSSR count). The summed E-state index contributed by atoms with van der Waals surface area (Å²) in [6, 6.07) is 0. The van der Waals surface area contributed by atoms with Gasteiger partial charge in [-0.2, -0.15) is 0 Å². The molecule has 0 bridgehead atoms. The summed E-state index contributed by atoms with van der Waals surface area (Å²) in [6.07, 6.45) is 2.72. The van der Waals surface area contributed by atoms with E-state index in [2.05, 4.69) is 18.8 Å². The molecule has 8 nitrogen and oxygen atoms in total. The number of rotatable bonds is 3. The predicted octanol–water partition coefficient (Wildman–Crippen LogP) is 0.393. The number of hydrogen-bond acceptors (Lipinski definition) is 4. The van der Waals surface area contributed by atoms with Gasteiger partial charge in [0.1, 0.15) is 0 Å². The lowest BCUT2D eigenvalue weighted by molar-refractivity contribution is -0.131. The van der Waals surface area contributed by atoms with Gasteiger partial charge in [-0.1, -0.05) is 11.1 Å². The highest BCUT2D eigenvalue weighted by atomic mass is 16.2. The first kappa shape index (κ1) is 17.2. The summed E-state index contributed by atoms with van der Waals surface area (Å²) in [5, 5.41) is 0. The van der Waals surface area contributed by atoms with E-state index in [0.717, 1.165) is 17.5 Å². The summed E-state index contributed by atoms with van der Waals surface area (Å²) in [7, 11) is 3.02. The molecule has 0 saturated heterocycles. The maximum absolute atomic E-state index is 12.5. The Bertz CT molecular complexity index is 992. The van der Waals surface area contributed by atoms with Gasteiger partial charge in [0.25, 0.3) is 5.56 Å². The van der Waals surface area contributed by atoms with Crippen molar-refractivity contribution >= 4 is 17.1 Å². The van der Waals surface area contributed by atoms with E-state index in [0.29, 0.717) is 30.7 Å². The van der Waals surface area contributed by atoms with E-state index in [9.17, 15) is 14.4 Å². The van der Waals surface area contributed by atoms with Gasteiger partial charge in [-0.15, -0.1) is 0 Å². The molecule has 2 aromatic rings. The summed E-state index contributed by atoms with van der Waals surface area (Å²) < 4.78 is 4.06. The molecule has 0 spiro atoms. The second kappa shape index (κ2) is 6.34. The first-order valence-electron chi connectivity index (χ1n) is 8.35. The Morgan fingerprint density at radius 3 is 2.56 bits per heavy atom. The highest BCUT2D eigenvalue weighted by Crippen LogP contribution is 2.17. The van der Waals surface area contributed by atoms with Crippen molar-refractivity contribution in [3.05, 3.63) is 38.3 Å². The topological polar surface area (TPSA) is 82.1 Å². The molecule has 1 aliphatic heterocycles. The monoisotopic (exact) mass is 345 g/mol. The molecule has 0 saturated carbocycles. The summed E-state index contributed by atoms with van der Waals surface area (Å²) in [5.41, 5.74) is 2.49. The van der Waals surface area contributed by atoms with Crippen LogP contribution in [0.1, 0.15) is 26.7 Å². The fraction of sp³-hybridized carbons (Fsp3) is 0.529. The van der Waals surface area contributed by atoms with Crippen molar-refractivity contribution < 1.29 is 4.79 Å². The van der Waals surface area contributed by atoms with Gasteiger partial charge in [0.2, 0.25) is 5.91 Å². The number of aryl methyl sites for hydroxylation is 2. The number of nitrogens with zero attached hydrogens (tertiary/aromatic N) is 5. The third-order valence-corrected chi connectivity index (χ3v) is 5.05. The van der Waals surface area contributed by atoms with Crippen LogP contribution < -0.4 is 11.2 Å². The summed E-state index contributed by atoms with van der Waals surface area (Å²) >= 11 is 0. The van der Waals surface area contributed by atoms with E-state index in [1.54, 1.807) is 11.6 Å². The van der Waals surface area contributed by atoms with Crippen LogP contribution in [0.4, 0.5) is 0 Å². The molecule has 0 aromatic carbocycles. The second-order valence-corrected chi connectivity index (χ2v) is 6.69. The quantitative estimate of drug-likeness (QED) is 0.754. The number of aromatic nitrogens is 4. The van der Waals surface area contributed by atoms with Crippen molar-refractivity contribution in [2.45, 2.75) is 33.2 Å². The minimum atomic E-state index is -0.412. The van der Waals surface area contributed by atoms with Crippen LogP contribution in [0.5, 0.6) is 0 Å². The largest absolute Gasteiger partial charge is 0.338 e. The van der Waals surface area contributed by atoms with Crippen molar-refractivity contribution in [2.24, 2.45) is 14.1 Å². The number of fused-ring (bicyclic) bond motifs is 1. The van der Waals surface area contributed by atoms with Gasteiger partial charge in [0, 0.05) is 40.2 Å². The Labute approximate surface area is 145 Å². The van der Waals surface area contributed by atoms with Crippen molar-refractivity contribution in [1.82, 2.24) is 23.6 Å². The van der Waals surface area contributed by atoms with Gasteiger partial charge in [0.15, 0.2) is 11.2 Å². The molecule has 1 aliphatic rings. The van der Waals surface area contributed by atoms with Crippen molar-refractivity contribution in [1.29, 1.82) is 0 Å². The SMILES string of the molecule is CC1=C(C)CN(C(=O)CCn2cnc3c2c(=O)n(C)c(=O)n3C)CC1. The fourth-order valence-electron chi connectivity index (χ4n) is 3.17. The molecule has 1 amide bonds. The highest BCUT2D eigenvalue weighted by molar-refractivity contribution is 5.77. The van der Waals surface area contributed by atoms with Gasteiger partial charge in [-0.3, -0.25) is 18.7 Å². The maximum Gasteiger partial charge on any atom is 0.332 e. The molecule has 0 N–H and O–H groups in total. The molecule has 0 aliphatic carbocycles. The number of carbonyl (C=O) groups is 1. The molecule has 0 unspecified atom stereocenters. The van der Waals surface area contributed by atoms with Gasteiger partial charge in [0.05, 0.1) is 6.33 Å². The van der Waals surface area contributed by atoms with Crippen molar-refractivity contribution in [3.63, 3.8) is 0 Å². The maximum atomic E-state index is 12.5. The van der Waals surface area contributed by atoms with Crippen molar-refractivity contribution in [3.8, 4) is 0 Å². The van der Waals surface area contributed by atoms with Crippen LogP contribution in [-0.4, -0.2) is 42.6 Å². The zero-order valence-corrected chi connectivity index (χ0v) is 15.1. The van der Waals surface area contributed by atoms with Crippen molar-refractivity contribution in [2.75, 3.05) is 13.1 Å². The number of carbonyl (C=O) groups excluding carboxylic acids is 1. The van der Waals surface area contributed by atoms with E-state index in [4.69, 9.17) is 0 Å². The average Bonchev–Trinajstić information content (AvgIpc) is 3.02. The fourth-order valence-corrected chi connectivity index (χ4v) is 3.17. The van der Waals surface area contributed by atoms with Gasteiger partial charge in [-0.25, -0.2) is 9.78 Å². The third kappa shape index (κ3) is 2.92. The van der Waals surface area contributed by atoms with Crippen LogP contribution in [0.2, 0.25) is 0 Å². The molecule has 134 valence electrons. The minimum Gasteiger partial charge on any atom is -0.338 e. The molecular formula is C17H23N5O3. The number of hydrogen-bond donors (Lipinski definition) is 0. The molecule has 3 heterocycles. The Hall–Kier alpha value is -2.64. The third-order valence-electron chi connectivity index (χ3n) is 5.05. The van der Waals surface area contributed by atoms with Crippen LogP contribution in [0, 0.1) is 0 Å². The minimum absolute atomic E-state index is 0.0651. The van der Waals surface area contributed by atoms with E-state index in [1.165, 1.54) is 29.1 Å². The van der Waals surface area contributed by atoms with Gasteiger partial charge >= 0.3 is 5.69 Å². The zero-order chi connectivity index (χ0) is 18.3. The molecular weight excluding hydrogens is 322 g/mol. The van der Waals surface area contributed by atoms with E-state index in [-0.39, 0.29) is 5.91 Å². The molecule has 8 heteroatoms. The Morgan fingerprint density at radius 2 is 1.88 bits per heavy atom. The van der Waals surface area contributed by atoms with E-state index >= 15 is 0 Å². The van der Waals surface area contributed by atoms with Crippen LogP contribution in [0.3, 0.4) is 0 Å². The molecule has 0 radical (unpaired) electrons. The summed E-state index contributed by atoms with van der Waals surface area (Å²) in [5.74, 6) is 0.0651. The normalized spacial score (nSPS) is 15.3. The van der Waals surface area contributed by atoms with E-state index < -0.39 is 11.2 Å². The average molecular weight is 345 g/mol. The Kier molecular flexibility index (Phi) is 4.36. The summed E-state index contributed by atoms with van der Waals surface area (Å²) in [6.45, 7) is 5.94. The molecule has 25 heavy (non-hydrogen) atoms. The molecule has 0 fully saturated rings. The molecule has 2 aromatic heterocycles. The Morgan fingerprint density at radius 1 is 1.16 bits per heavy atom. The van der Waals surface area contributed by atoms with Crippen LogP contribution in [-0.2, 0) is 25.4 Å². The Balaban J connectivity index is 1.82. The van der Waals surface area contributed by atoms with Crippen LogP contribution in [0.25, 0.3) is 11.2 Å². The predicted molar refractivity (Wildman–Crippen MR) is 94.4 cm³/mol. The molecule has 0 atom stereocenters. The smallest absolute Gasteiger partial charge is 0.332 e.